The third-order valence-corrected chi connectivity index (χ3v) is 4.50. The van der Waals surface area contributed by atoms with Gasteiger partial charge in [-0.05, 0) is 61.7 Å². The smallest absolute Gasteiger partial charge is 0.191 e. The van der Waals surface area contributed by atoms with Gasteiger partial charge in [-0.2, -0.15) is 5.10 Å². The molecule has 0 fully saturated rings. The van der Waals surface area contributed by atoms with Gasteiger partial charge >= 0.3 is 0 Å². The van der Waals surface area contributed by atoms with Crippen molar-refractivity contribution in [1.29, 1.82) is 0 Å². The van der Waals surface area contributed by atoms with Gasteiger partial charge in [0.1, 0.15) is 0 Å². The van der Waals surface area contributed by atoms with E-state index >= 15 is 0 Å². The predicted octanol–water partition coefficient (Wildman–Crippen LogP) is 3.89. The highest BCUT2D eigenvalue weighted by molar-refractivity contribution is 14.0. The van der Waals surface area contributed by atoms with Crippen LogP contribution in [-0.4, -0.2) is 40.5 Å². The minimum atomic E-state index is 0. The van der Waals surface area contributed by atoms with E-state index in [0.717, 1.165) is 36.7 Å². The lowest BCUT2D eigenvalue weighted by atomic mass is 10.1. The zero-order valence-electron chi connectivity index (χ0n) is 17.9. The van der Waals surface area contributed by atoms with Gasteiger partial charge in [-0.25, -0.2) is 9.67 Å². The first-order valence-electron chi connectivity index (χ1n) is 10.3. The van der Waals surface area contributed by atoms with Crippen LogP contribution in [0.4, 0.5) is 0 Å². The van der Waals surface area contributed by atoms with Crippen LogP contribution in [0, 0.1) is 0 Å². The van der Waals surface area contributed by atoms with E-state index < -0.39 is 0 Å². The highest BCUT2D eigenvalue weighted by Gasteiger charge is 2.04. The Bertz CT molecular complexity index is 943. The SMILES string of the molecule is CCNC(=NCc1ccc(O)c(OCC)c1)NCCc1ccc(-n2cccn2)cc1.I. The van der Waals surface area contributed by atoms with Crippen molar-refractivity contribution in [2.24, 2.45) is 4.99 Å². The summed E-state index contributed by atoms with van der Waals surface area (Å²) in [6.45, 7) is 6.49. The number of hydrogen-bond acceptors (Lipinski definition) is 4. The molecule has 0 aliphatic heterocycles. The lowest BCUT2D eigenvalue weighted by Crippen LogP contribution is -2.38. The first-order chi connectivity index (χ1) is 14.7. The van der Waals surface area contributed by atoms with Gasteiger partial charge in [-0.1, -0.05) is 18.2 Å². The summed E-state index contributed by atoms with van der Waals surface area (Å²) in [7, 11) is 0. The van der Waals surface area contributed by atoms with Crippen LogP contribution in [0.1, 0.15) is 25.0 Å². The van der Waals surface area contributed by atoms with Crippen LogP contribution in [0.2, 0.25) is 0 Å². The third kappa shape index (κ3) is 7.46. The maximum absolute atomic E-state index is 9.83. The van der Waals surface area contributed by atoms with Crippen LogP contribution in [-0.2, 0) is 13.0 Å². The average Bonchev–Trinajstić information content (AvgIpc) is 3.30. The molecule has 1 heterocycles. The van der Waals surface area contributed by atoms with E-state index in [2.05, 4.69) is 45.0 Å². The van der Waals surface area contributed by atoms with Gasteiger partial charge in [0.05, 0.1) is 18.8 Å². The van der Waals surface area contributed by atoms with E-state index in [4.69, 9.17) is 4.74 Å². The van der Waals surface area contributed by atoms with Crippen molar-refractivity contribution in [2.45, 2.75) is 26.8 Å². The molecule has 8 heteroatoms. The van der Waals surface area contributed by atoms with Crippen molar-refractivity contribution in [3.8, 4) is 17.2 Å². The van der Waals surface area contributed by atoms with Crippen LogP contribution < -0.4 is 15.4 Å². The molecule has 2 aromatic carbocycles. The number of nitrogens with one attached hydrogen (secondary N) is 2. The van der Waals surface area contributed by atoms with Crippen LogP contribution >= 0.6 is 24.0 Å². The molecule has 0 aliphatic carbocycles. The number of phenolic OH excluding ortho intramolecular Hbond substituents is 1. The fraction of sp³-hybridized carbons (Fsp3) is 0.304. The van der Waals surface area contributed by atoms with Crippen molar-refractivity contribution < 1.29 is 9.84 Å². The standard InChI is InChI=1S/C23H29N5O2.HI/c1-3-24-23(26-17-19-8-11-21(29)22(16-19)30-4-2)25-14-12-18-6-9-20(10-7-18)28-15-5-13-27-28;/h5-11,13,15-16,29H,3-4,12,14,17H2,1-2H3,(H2,24,25,26);1H. The summed E-state index contributed by atoms with van der Waals surface area (Å²) in [5.41, 5.74) is 3.27. The summed E-state index contributed by atoms with van der Waals surface area (Å²) in [5, 5.41) is 20.7. The Morgan fingerprint density at radius 3 is 2.55 bits per heavy atom. The first-order valence-corrected chi connectivity index (χ1v) is 10.3. The monoisotopic (exact) mass is 535 g/mol. The number of aromatic nitrogens is 2. The Kier molecular flexibility index (Phi) is 10.2. The molecular weight excluding hydrogens is 505 g/mol. The summed E-state index contributed by atoms with van der Waals surface area (Å²) in [5.74, 6) is 1.40. The van der Waals surface area contributed by atoms with E-state index in [0.29, 0.717) is 18.9 Å². The third-order valence-electron chi connectivity index (χ3n) is 4.50. The van der Waals surface area contributed by atoms with E-state index in [1.807, 2.05) is 42.9 Å². The van der Waals surface area contributed by atoms with Gasteiger partial charge < -0.3 is 20.5 Å². The maximum Gasteiger partial charge on any atom is 0.191 e. The Morgan fingerprint density at radius 1 is 1.10 bits per heavy atom. The lowest BCUT2D eigenvalue weighted by molar-refractivity contribution is 0.318. The highest BCUT2D eigenvalue weighted by Crippen LogP contribution is 2.27. The number of benzene rings is 2. The molecule has 0 bridgehead atoms. The molecule has 3 N–H and O–H groups in total. The summed E-state index contributed by atoms with van der Waals surface area (Å²) >= 11 is 0. The molecule has 3 aromatic rings. The van der Waals surface area contributed by atoms with Crippen molar-refractivity contribution in [1.82, 2.24) is 20.4 Å². The van der Waals surface area contributed by atoms with Gasteiger partial charge in [0, 0.05) is 25.5 Å². The van der Waals surface area contributed by atoms with Crippen LogP contribution in [0.5, 0.6) is 11.5 Å². The van der Waals surface area contributed by atoms with E-state index in [-0.39, 0.29) is 29.7 Å². The molecule has 0 saturated heterocycles. The van der Waals surface area contributed by atoms with Crippen molar-refractivity contribution >= 4 is 29.9 Å². The number of ether oxygens (including phenoxy) is 1. The highest BCUT2D eigenvalue weighted by atomic mass is 127. The summed E-state index contributed by atoms with van der Waals surface area (Å²) in [6.07, 6.45) is 4.59. The molecule has 0 atom stereocenters. The second-order valence-corrected chi connectivity index (χ2v) is 6.72. The van der Waals surface area contributed by atoms with Crippen LogP contribution in [0.15, 0.2) is 65.9 Å². The largest absolute Gasteiger partial charge is 0.504 e. The summed E-state index contributed by atoms with van der Waals surface area (Å²) in [6, 6.07) is 15.6. The number of aromatic hydroxyl groups is 1. The molecule has 0 spiro atoms. The van der Waals surface area contributed by atoms with Gasteiger partial charge in [0.25, 0.3) is 0 Å². The molecule has 0 radical (unpaired) electrons. The maximum atomic E-state index is 9.83. The molecule has 166 valence electrons. The minimum Gasteiger partial charge on any atom is -0.504 e. The normalized spacial score (nSPS) is 11.0. The number of aliphatic imine (C=N–C) groups is 1. The molecule has 0 saturated carbocycles. The molecule has 0 unspecified atom stereocenters. The second kappa shape index (κ2) is 12.8. The topological polar surface area (TPSA) is 83.7 Å². The van der Waals surface area contributed by atoms with Crippen molar-refractivity contribution in [3.63, 3.8) is 0 Å². The number of phenols is 1. The summed E-state index contributed by atoms with van der Waals surface area (Å²) < 4.78 is 7.29. The van der Waals surface area contributed by atoms with Gasteiger partial charge in [0.2, 0.25) is 0 Å². The quantitative estimate of drug-likeness (QED) is 0.220. The fourth-order valence-electron chi connectivity index (χ4n) is 3.00. The molecule has 0 amide bonds. The Balaban J connectivity index is 0.00000341. The number of nitrogens with zero attached hydrogens (tertiary/aromatic N) is 3. The van der Waals surface area contributed by atoms with Crippen molar-refractivity contribution in [2.75, 3.05) is 19.7 Å². The van der Waals surface area contributed by atoms with Crippen LogP contribution in [0.3, 0.4) is 0 Å². The Hall–Kier alpha value is -2.75. The average molecular weight is 535 g/mol. The Labute approximate surface area is 200 Å². The van der Waals surface area contributed by atoms with E-state index in [9.17, 15) is 5.11 Å². The van der Waals surface area contributed by atoms with E-state index in [1.54, 1.807) is 12.3 Å². The molecular formula is C23H30IN5O2. The zero-order valence-corrected chi connectivity index (χ0v) is 20.2. The fourth-order valence-corrected chi connectivity index (χ4v) is 3.00. The molecule has 7 nitrogen and oxygen atoms in total. The minimum absolute atomic E-state index is 0. The second-order valence-electron chi connectivity index (χ2n) is 6.72. The molecule has 0 aliphatic rings. The molecule has 3 rings (SSSR count). The number of guanidine groups is 1. The number of hydrogen-bond donors (Lipinski definition) is 3. The van der Waals surface area contributed by atoms with Crippen LogP contribution in [0.25, 0.3) is 5.69 Å². The zero-order chi connectivity index (χ0) is 21.2. The lowest BCUT2D eigenvalue weighted by Gasteiger charge is -2.12. The molecule has 1 aromatic heterocycles. The van der Waals surface area contributed by atoms with Gasteiger partial charge in [-0.3, -0.25) is 0 Å². The van der Waals surface area contributed by atoms with Gasteiger partial charge in [0.15, 0.2) is 17.5 Å². The Morgan fingerprint density at radius 2 is 1.87 bits per heavy atom. The van der Waals surface area contributed by atoms with Crippen molar-refractivity contribution in [3.05, 3.63) is 72.1 Å². The van der Waals surface area contributed by atoms with Gasteiger partial charge in [-0.15, -0.1) is 24.0 Å². The number of rotatable bonds is 9. The van der Waals surface area contributed by atoms with E-state index in [1.165, 1.54) is 5.56 Å². The first kappa shape index (κ1) is 24.5. The number of halogens is 1. The molecule has 31 heavy (non-hydrogen) atoms. The predicted molar refractivity (Wildman–Crippen MR) is 135 cm³/mol. The summed E-state index contributed by atoms with van der Waals surface area (Å²) in [4.78, 5) is 4.64.